The third-order valence-corrected chi connectivity index (χ3v) is 5.33. The van der Waals surface area contributed by atoms with Gasteiger partial charge in [-0.2, -0.15) is 18.3 Å². The summed E-state index contributed by atoms with van der Waals surface area (Å²) in [6.45, 7) is 0. The Balaban J connectivity index is 1.80. The Morgan fingerprint density at radius 1 is 1.00 bits per heavy atom. The quantitative estimate of drug-likeness (QED) is 0.469. The number of furan rings is 1. The summed E-state index contributed by atoms with van der Waals surface area (Å²) in [6, 6.07) is 13.8. The van der Waals surface area contributed by atoms with Crippen LogP contribution in [0.1, 0.15) is 5.69 Å². The maximum absolute atomic E-state index is 13.3. The molecule has 30 heavy (non-hydrogen) atoms. The smallest absolute Gasteiger partial charge is 0.435 e. The van der Waals surface area contributed by atoms with E-state index in [9.17, 15) is 21.6 Å². The SMILES string of the molecule is CS(=O)(=O)c1ccc(-n2nc(C(F)(F)F)cc2-c2ccc(-c3ccco3)cc2)cn1. The van der Waals surface area contributed by atoms with Crippen molar-refractivity contribution in [2.75, 3.05) is 6.26 Å². The van der Waals surface area contributed by atoms with Gasteiger partial charge in [0.05, 0.1) is 23.8 Å². The number of hydrogen-bond acceptors (Lipinski definition) is 5. The average Bonchev–Trinajstić information content (AvgIpc) is 3.37. The molecule has 0 aliphatic rings. The molecule has 0 saturated heterocycles. The first-order valence-electron chi connectivity index (χ1n) is 8.61. The molecule has 3 aromatic heterocycles. The fraction of sp³-hybridized carbons (Fsp3) is 0.100. The number of pyridine rings is 1. The van der Waals surface area contributed by atoms with E-state index in [-0.39, 0.29) is 16.4 Å². The zero-order chi connectivity index (χ0) is 21.5. The second kappa shape index (κ2) is 7.13. The lowest BCUT2D eigenvalue weighted by Gasteiger charge is -2.08. The molecule has 0 saturated carbocycles. The number of sulfone groups is 1. The molecule has 0 fully saturated rings. The molecule has 1 aromatic carbocycles. The molecule has 0 radical (unpaired) electrons. The molecule has 0 atom stereocenters. The van der Waals surface area contributed by atoms with E-state index in [1.54, 1.807) is 36.4 Å². The van der Waals surface area contributed by atoms with Gasteiger partial charge in [0.2, 0.25) is 0 Å². The standard InChI is InChI=1S/C20H14F3N3O3S/c1-30(27,28)19-9-8-15(12-24-19)26-16(11-18(25-26)20(21,22)23)13-4-6-14(7-5-13)17-3-2-10-29-17/h2-12H,1H3. The maximum atomic E-state index is 13.3. The number of hydrogen-bond donors (Lipinski definition) is 0. The van der Waals surface area contributed by atoms with Gasteiger partial charge in [-0.25, -0.2) is 18.1 Å². The van der Waals surface area contributed by atoms with E-state index in [1.807, 2.05) is 0 Å². The Bertz CT molecular complexity index is 1280. The van der Waals surface area contributed by atoms with Crippen molar-refractivity contribution in [3.8, 4) is 28.3 Å². The second-order valence-electron chi connectivity index (χ2n) is 6.51. The first kappa shape index (κ1) is 19.9. The van der Waals surface area contributed by atoms with Crippen LogP contribution in [0.15, 0.2) is 76.5 Å². The summed E-state index contributed by atoms with van der Waals surface area (Å²) in [5, 5.41) is 3.49. The van der Waals surface area contributed by atoms with E-state index < -0.39 is 21.7 Å². The zero-order valence-corrected chi connectivity index (χ0v) is 16.3. The molecular formula is C20H14F3N3O3S. The first-order valence-corrected chi connectivity index (χ1v) is 10.5. The molecule has 4 aromatic rings. The van der Waals surface area contributed by atoms with E-state index in [0.29, 0.717) is 11.3 Å². The van der Waals surface area contributed by atoms with Crippen molar-refractivity contribution >= 4 is 9.84 Å². The lowest BCUT2D eigenvalue weighted by molar-refractivity contribution is -0.141. The number of alkyl halides is 3. The highest BCUT2D eigenvalue weighted by molar-refractivity contribution is 7.90. The van der Waals surface area contributed by atoms with Crippen LogP contribution in [0.3, 0.4) is 0 Å². The predicted molar refractivity (Wildman–Crippen MR) is 103 cm³/mol. The molecule has 0 spiro atoms. The van der Waals surface area contributed by atoms with E-state index in [1.165, 1.54) is 24.6 Å². The van der Waals surface area contributed by atoms with Crippen molar-refractivity contribution in [1.82, 2.24) is 14.8 Å². The summed E-state index contributed by atoms with van der Waals surface area (Å²) in [5.41, 5.74) is 0.565. The van der Waals surface area contributed by atoms with Crippen LogP contribution in [0.5, 0.6) is 0 Å². The minimum absolute atomic E-state index is 0.182. The van der Waals surface area contributed by atoms with Crippen LogP contribution in [0, 0.1) is 0 Å². The van der Waals surface area contributed by atoms with Crippen LogP contribution in [0.25, 0.3) is 28.3 Å². The Hall–Kier alpha value is -3.40. The van der Waals surface area contributed by atoms with E-state index in [0.717, 1.165) is 22.6 Å². The Morgan fingerprint density at radius 2 is 1.70 bits per heavy atom. The molecule has 0 aliphatic carbocycles. The van der Waals surface area contributed by atoms with Crippen molar-refractivity contribution in [3.05, 3.63) is 72.8 Å². The lowest BCUT2D eigenvalue weighted by Crippen LogP contribution is -2.08. The van der Waals surface area contributed by atoms with Crippen LogP contribution in [0.4, 0.5) is 13.2 Å². The van der Waals surface area contributed by atoms with Crippen molar-refractivity contribution in [3.63, 3.8) is 0 Å². The van der Waals surface area contributed by atoms with Crippen molar-refractivity contribution in [2.24, 2.45) is 0 Å². The zero-order valence-electron chi connectivity index (χ0n) is 15.5. The molecule has 3 heterocycles. The van der Waals surface area contributed by atoms with E-state index >= 15 is 0 Å². The van der Waals surface area contributed by atoms with Gasteiger partial charge in [-0.05, 0) is 30.3 Å². The van der Waals surface area contributed by atoms with Gasteiger partial charge in [0.15, 0.2) is 20.6 Å². The minimum Gasteiger partial charge on any atom is -0.464 e. The highest BCUT2D eigenvalue weighted by Crippen LogP contribution is 2.34. The Kier molecular flexibility index (Phi) is 4.73. The molecule has 0 amide bonds. The Morgan fingerprint density at radius 3 is 2.23 bits per heavy atom. The predicted octanol–water partition coefficient (Wildman–Crippen LogP) is 4.62. The van der Waals surface area contributed by atoms with Gasteiger partial charge in [-0.3, -0.25) is 0 Å². The molecule has 4 rings (SSSR count). The van der Waals surface area contributed by atoms with Crippen molar-refractivity contribution in [1.29, 1.82) is 0 Å². The number of benzene rings is 1. The molecule has 0 aliphatic heterocycles. The molecule has 10 heteroatoms. The van der Waals surface area contributed by atoms with Gasteiger partial charge in [0, 0.05) is 17.4 Å². The number of rotatable bonds is 4. The summed E-state index contributed by atoms with van der Waals surface area (Å²) in [4.78, 5) is 3.84. The highest BCUT2D eigenvalue weighted by Gasteiger charge is 2.35. The molecular weight excluding hydrogens is 419 g/mol. The fourth-order valence-corrected chi connectivity index (χ4v) is 3.45. The van der Waals surface area contributed by atoms with Crippen LogP contribution >= 0.6 is 0 Å². The van der Waals surface area contributed by atoms with Gasteiger partial charge >= 0.3 is 6.18 Å². The summed E-state index contributed by atoms with van der Waals surface area (Å²) >= 11 is 0. The topological polar surface area (TPSA) is 78.0 Å². The minimum atomic E-state index is -4.64. The van der Waals surface area contributed by atoms with Gasteiger partial charge in [-0.1, -0.05) is 24.3 Å². The van der Waals surface area contributed by atoms with E-state index in [4.69, 9.17) is 4.42 Å². The van der Waals surface area contributed by atoms with Crippen molar-refractivity contribution in [2.45, 2.75) is 11.2 Å². The first-order chi connectivity index (χ1) is 14.1. The Labute approximate surface area is 169 Å². The average molecular weight is 433 g/mol. The van der Waals surface area contributed by atoms with Gasteiger partial charge in [0.25, 0.3) is 0 Å². The van der Waals surface area contributed by atoms with E-state index in [2.05, 4.69) is 10.1 Å². The molecule has 6 nitrogen and oxygen atoms in total. The van der Waals surface area contributed by atoms with Crippen LogP contribution in [0.2, 0.25) is 0 Å². The van der Waals surface area contributed by atoms with Crippen LogP contribution in [-0.2, 0) is 16.0 Å². The monoisotopic (exact) mass is 433 g/mol. The number of nitrogens with zero attached hydrogens (tertiary/aromatic N) is 3. The fourth-order valence-electron chi connectivity index (χ4n) is 2.89. The summed E-state index contributed by atoms with van der Waals surface area (Å²) < 4.78 is 69.5. The second-order valence-corrected chi connectivity index (χ2v) is 8.47. The van der Waals surface area contributed by atoms with Gasteiger partial charge in [-0.15, -0.1) is 0 Å². The number of halogens is 3. The van der Waals surface area contributed by atoms with Gasteiger partial charge < -0.3 is 4.42 Å². The normalized spacial score (nSPS) is 12.3. The van der Waals surface area contributed by atoms with Crippen molar-refractivity contribution < 1.29 is 26.0 Å². The molecule has 0 N–H and O–H groups in total. The summed E-state index contributed by atoms with van der Waals surface area (Å²) in [6.07, 6.45) is -0.948. The summed E-state index contributed by atoms with van der Waals surface area (Å²) in [5.74, 6) is 0.631. The van der Waals surface area contributed by atoms with Gasteiger partial charge in [0.1, 0.15) is 5.76 Å². The lowest BCUT2D eigenvalue weighted by atomic mass is 10.1. The third-order valence-electron chi connectivity index (χ3n) is 4.33. The molecule has 154 valence electrons. The maximum Gasteiger partial charge on any atom is 0.435 e. The number of aromatic nitrogens is 3. The van der Waals surface area contributed by atoms with Crippen LogP contribution in [-0.4, -0.2) is 29.4 Å². The van der Waals surface area contributed by atoms with Crippen LogP contribution < -0.4 is 0 Å². The largest absolute Gasteiger partial charge is 0.464 e. The highest BCUT2D eigenvalue weighted by atomic mass is 32.2. The third kappa shape index (κ3) is 3.86. The summed E-state index contributed by atoms with van der Waals surface area (Å²) in [7, 11) is -3.54. The molecule has 0 unspecified atom stereocenters. The molecule has 0 bridgehead atoms.